The van der Waals surface area contributed by atoms with Gasteiger partial charge in [-0.1, -0.05) is 43.6 Å². The number of hydrogen-bond acceptors (Lipinski definition) is 7. The highest BCUT2D eigenvalue weighted by molar-refractivity contribution is 6.31. The molecular weight excluding hydrogens is 655 g/mol. The van der Waals surface area contributed by atoms with Gasteiger partial charge in [0.05, 0.1) is 28.1 Å². The van der Waals surface area contributed by atoms with E-state index in [0.29, 0.717) is 12.1 Å². The second-order valence-electron chi connectivity index (χ2n) is 12.2. The van der Waals surface area contributed by atoms with E-state index < -0.39 is 22.7 Å². The summed E-state index contributed by atoms with van der Waals surface area (Å²) < 4.78 is 40.0. The molecule has 0 aromatic heterocycles. The highest BCUT2D eigenvalue weighted by atomic mass is 35.5. The van der Waals surface area contributed by atoms with Gasteiger partial charge in [0.25, 0.3) is 11.8 Å². The van der Waals surface area contributed by atoms with E-state index in [1.54, 1.807) is 18.2 Å². The third kappa shape index (κ3) is 11.0. The monoisotopic (exact) mass is 699 g/mol. The Kier molecular flexibility index (Phi) is 13.6. The summed E-state index contributed by atoms with van der Waals surface area (Å²) in [5, 5.41) is 6.38. The number of halogens is 4. The molecule has 1 saturated heterocycles. The predicted molar refractivity (Wildman–Crippen MR) is 191 cm³/mol. The molecule has 0 radical (unpaired) electrons. The van der Waals surface area contributed by atoms with Crippen LogP contribution in [0.15, 0.2) is 65.8 Å². The van der Waals surface area contributed by atoms with Gasteiger partial charge in [-0.25, -0.2) is 5.43 Å². The number of carbonyl (C=O) groups is 2. The average Bonchev–Trinajstić information content (AvgIpc) is 3.29. The first-order valence-corrected chi connectivity index (χ1v) is 16.8. The molecule has 1 aliphatic rings. The van der Waals surface area contributed by atoms with Crippen molar-refractivity contribution in [1.82, 2.24) is 20.1 Å². The van der Waals surface area contributed by atoms with Crippen molar-refractivity contribution in [3.05, 3.63) is 93.5 Å². The Morgan fingerprint density at radius 1 is 0.959 bits per heavy atom. The molecule has 0 bridgehead atoms. The Hall–Kier alpha value is -3.97. The summed E-state index contributed by atoms with van der Waals surface area (Å²) in [7, 11) is 4.12. The Labute approximate surface area is 291 Å². The number of hydrazone groups is 1. The summed E-state index contributed by atoms with van der Waals surface area (Å²) in [4.78, 5) is 36.0. The van der Waals surface area contributed by atoms with Gasteiger partial charge < -0.3 is 24.9 Å². The van der Waals surface area contributed by atoms with Gasteiger partial charge in [0.2, 0.25) is 0 Å². The number of rotatable bonds is 13. The molecule has 3 aromatic rings. The van der Waals surface area contributed by atoms with Crippen molar-refractivity contribution in [3.8, 4) is 0 Å². The first-order chi connectivity index (χ1) is 23.4. The molecule has 2 amide bonds. The predicted octanol–water partition coefficient (Wildman–Crippen LogP) is 6.29. The molecule has 1 heterocycles. The van der Waals surface area contributed by atoms with Gasteiger partial charge in [-0.15, -0.1) is 0 Å². The smallest absolute Gasteiger partial charge is 0.370 e. The fourth-order valence-electron chi connectivity index (χ4n) is 5.64. The van der Waals surface area contributed by atoms with Gasteiger partial charge in [0.15, 0.2) is 0 Å². The van der Waals surface area contributed by atoms with E-state index in [1.165, 1.54) is 6.07 Å². The largest absolute Gasteiger partial charge is 0.417 e. The summed E-state index contributed by atoms with van der Waals surface area (Å²) in [6.45, 7) is 12.2. The molecule has 1 fully saturated rings. The molecule has 0 saturated carbocycles. The van der Waals surface area contributed by atoms with Crippen LogP contribution in [0.5, 0.6) is 0 Å². The Morgan fingerprint density at radius 3 is 2.47 bits per heavy atom. The molecule has 264 valence electrons. The molecule has 49 heavy (non-hydrogen) atoms. The fourth-order valence-corrected chi connectivity index (χ4v) is 5.87. The SMILES string of the molecule is CCN(CC)CCN(C)Cc1cccc(C(=O)Nc2ccc(N3CCCN(C)CC3)cc2C(=O)N/N=C\c2ccc(Cl)c(C(F)(F)F)c2)c1. The number of nitrogens with one attached hydrogen (secondary N) is 2. The van der Waals surface area contributed by atoms with Gasteiger partial charge in [-0.2, -0.15) is 18.3 Å². The minimum atomic E-state index is -4.64. The number of likely N-dealkylation sites (N-methyl/N-ethyl adjacent to an activating group) is 3. The highest BCUT2D eigenvalue weighted by Crippen LogP contribution is 2.35. The number of amides is 2. The Morgan fingerprint density at radius 2 is 1.73 bits per heavy atom. The quantitative estimate of drug-likeness (QED) is 0.161. The van der Waals surface area contributed by atoms with Gasteiger partial charge in [-0.05, 0) is 93.7 Å². The number of hydrogen-bond donors (Lipinski definition) is 2. The maximum Gasteiger partial charge on any atom is 0.417 e. The van der Waals surface area contributed by atoms with Crippen molar-refractivity contribution in [2.45, 2.75) is 33.0 Å². The van der Waals surface area contributed by atoms with Gasteiger partial charge in [-0.3, -0.25) is 9.59 Å². The van der Waals surface area contributed by atoms with Crippen LogP contribution in [-0.2, 0) is 12.7 Å². The number of alkyl halides is 3. The van der Waals surface area contributed by atoms with Gasteiger partial charge in [0, 0.05) is 50.5 Å². The van der Waals surface area contributed by atoms with E-state index >= 15 is 0 Å². The van der Waals surface area contributed by atoms with Gasteiger partial charge >= 0.3 is 6.18 Å². The van der Waals surface area contributed by atoms with Crippen molar-refractivity contribution in [1.29, 1.82) is 0 Å². The third-order valence-electron chi connectivity index (χ3n) is 8.59. The minimum absolute atomic E-state index is 0.103. The van der Waals surface area contributed by atoms with Crippen LogP contribution in [0, 0.1) is 0 Å². The summed E-state index contributed by atoms with van der Waals surface area (Å²) in [6.07, 6.45) is -2.58. The van der Waals surface area contributed by atoms with Crippen LogP contribution in [0.2, 0.25) is 5.02 Å². The topological polar surface area (TPSA) is 83.5 Å². The average molecular weight is 700 g/mol. The summed E-state index contributed by atoms with van der Waals surface area (Å²) in [5.74, 6) is -1.01. The normalized spacial score (nSPS) is 14.4. The third-order valence-corrected chi connectivity index (χ3v) is 8.92. The van der Waals surface area contributed by atoms with E-state index in [0.717, 1.165) is 88.4 Å². The van der Waals surface area contributed by atoms with Crippen LogP contribution in [0.25, 0.3) is 0 Å². The van der Waals surface area contributed by atoms with Crippen LogP contribution in [0.4, 0.5) is 24.5 Å². The van der Waals surface area contributed by atoms with Crippen LogP contribution in [0.3, 0.4) is 0 Å². The standard InChI is InChI=1S/C36H45ClF3N7O2/c1-5-46(6-2)19-17-45(4)25-27-9-7-10-28(21-27)34(48)42-33-14-12-29(47-16-8-15-44(3)18-20-47)23-30(33)35(49)43-41-24-26-11-13-32(37)31(22-26)36(38,39)40/h7,9-14,21-24H,5-6,8,15-20,25H2,1-4H3,(H,42,48)(H,43,49)/b41-24-. The number of anilines is 2. The first-order valence-electron chi connectivity index (χ1n) is 16.5. The maximum absolute atomic E-state index is 13.5. The zero-order chi connectivity index (χ0) is 35.6. The van der Waals surface area contributed by atoms with Crippen molar-refractivity contribution >= 4 is 41.0 Å². The molecule has 2 N–H and O–H groups in total. The van der Waals surface area contributed by atoms with Crippen molar-refractivity contribution in [2.24, 2.45) is 5.10 Å². The van der Waals surface area contributed by atoms with E-state index in [2.05, 4.69) is 63.4 Å². The van der Waals surface area contributed by atoms with Gasteiger partial charge in [0.1, 0.15) is 0 Å². The zero-order valence-electron chi connectivity index (χ0n) is 28.5. The second kappa shape index (κ2) is 17.6. The lowest BCUT2D eigenvalue weighted by atomic mass is 10.1. The molecule has 0 unspecified atom stereocenters. The summed E-state index contributed by atoms with van der Waals surface area (Å²) in [6, 6.07) is 16.0. The lowest BCUT2D eigenvalue weighted by Crippen LogP contribution is -2.32. The molecule has 3 aromatic carbocycles. The summed E-state index contributed by atoms with van der Waals surface area (Å²) in [5.41, 5.74) is 4.20. The number of carbonyl (C=O) groups excluding carboxylic acids is 2. The van der Waals surface area contributed by atoms with E-state index in [1.807, 2.05) is 24.3 Å². The Bertz CT molecular complexity index is 1610. The van der Waals surface area contributed by atoms with Crippen molar-refractivity contribution < 1.29 is 22.8 Å². The van der Waals surface area contributed by atoms with Crippen LogP contribution in [-0.4, -0.2) is 99.2 Å². The van der Waals surface area contributed by atoms with Crippen LogP contribution >= 0.6 is 11.6 Å². The second-order valence-corrected chi connectivity index (χ2v) is 12.6. The number of nitrogens with zero attached hydrogens (tertiary/aromatic N) is 5. The minimum Gasteiger partial charge on any atom is -0.370 e. The molecular formula is C36H45ClF3N7O2. The molecule has 9 nitrogen and oxygen atoms in total. The molecule has 4 rings (SSSR count). The molecule has 0 aliphatic carbocycles. The molecule has 1 aliphatic heterocycles. The van der Waals surface area contributed by atoms with E-state index in [4.69, 9.17) is 11.6 Å². The highest BCUT2D eigenvalue weighted by Gasteiger charge is 2.33. The van der Waals surface area contributed by atoms with E-state index in [9.17, 15) is 22.8 Å². The fraction of sp³-hybridized carbons (Fsp3) is 0.417. The first kappa shape index (κ1) is 37.8. The molecule has 0 spiro atoms. The lowest BCUT2D eigenvalue weighted by molar-refractivity contribution is -0.137. The lowest BCUT2D eigenvalue weighted by Gasteiger charge is -2.24. The van der Waals surface area contributed by atoms with Crippen molar-refractivity contribution in [2.75, 3.05) is 76.7 Å². The summed E-state index contributed by atoms with van der Waals surface area (Å²) >= 11 is 5.73. The molecule has 0 atom stereocenters. The maximum atomic E-state index is 13.5. The van der Waals surface area contributed by atoms with Crippen molar-refractivity contribution in [3.63, 3.8) is 0 Å². The van der Waals surface area contributed by atoms with E-state index in [-0.39, 0.29) is 22.7 Å². The van der Waals surface area contributed by atoms with Crippen LogP contribution in [0.1, 0.15) is 57.7 Å². The zero-order valence-corrected chi connectivity index (χ0v) is 29.2. The Balaban J connectivity index is 1.54. The van der Waals surface area contributed by atoms with Crippen LogP contribution < -0.4 is 15.6 Å². The number of benzene rings is 3. The molecule has 13 heteroatoms.